The number of carbonyl (C=O) groups excluding carboxylic acids is 2. The van der Waals surface area contributed by atoms with Crippen LogP contribution < -0.4 is 21.1 Å². The normalized spacial score (nSPS) is 14.6. The highest BCUT2D eigenvalue weighted by Gasteiger charge is 2.28. The SMILES string of the molecule is NC(=O)[C@H](Cc1ccc(Cl)cc1)NC(=O)c1cccc2c1OCCC2NCc1cncn1Cc1ccc(-c2ccc(F)cc2)cc1. The van der Waals surface area contributed by atoms with Crippen LogP contribution in [0.3, 0.4) is 0 Å². The fraction of sp³-hybridized carbons (Fsp3) is 0.194. The summed E-state index contributed by atoms with van der Waals surface area (Å²) in [6.07, 6.45) is 4.61. The number of fused-ring (bicyclic) bond motifs is 1. The fourth-order valence-electron chi connectivity index (χ4n) is 5.64. The van der Waals surface area contributed by atoms with Crippen LogP contribution in [0.5, 0.6) is 5.75 Å². The zero-order valence-electron chi connectivity index (χ0n) is 25.0. The molecular formula is C36H33ClFN5O3. The molecule has 8 nitrogen and oxygen atoms in total. The molecule has 46 heavy (non-hydrogen) atoms. The molecule has 1 unspecified atom stereocenters. The smallest absolute Gasteiger partial charge is 0.255 e. The van der Waals surface area contributed by atoms with E-state index >= 15 is 0 Å². The van der Waals surface area contributed by atoms with Crippen LogP contribution in [0, 0.1) is 5.82 Å². The third-order valence-corrected chi connectivity index (χ3v) is 8.38. The van der Waals surface area contributed by atoms with Crippen molar-refractivity contribution >= 4 is 23.4 Å². The van der Waals surface area contributed by atoms with Gasteiger partial charge in [0.2, 0.25) is 5.91 Å². The van der Waals surface area contributed by atoms with Crippen molar-refractivity contribution in [1.29, 1.82) is 0 Å². The van der Waals surface area contributed by atoms with E-state index < -0.39 is 17.9 Å². The van der Waals surface area contributed by atoms with Crippen molar-refractivity contribution in [2.24, 2.45) is 5.73 Å². The summed E-state index contributed by atoms with van der Waals surface area (Å²) < 4.78 is 21.4. The Hall–Kier alpha value is -4.99. The Balaban J connectivity index is 1.11. The van der Waals surface area contributed by atoms with Gasteiger partial charge in [-0.15, -0.1) is 0 Å². The van der Waals surface area contributed by atoms with Crippen LogP contribution in [0.2, 0.25) is 5.02 Å². The van der Waals surface area contributed by atoms with Gasteiger partial charge in [0.05, 0.1) is 24.2 Å². The maximum atomic E-state index is 13.4. The lowest BCUT2D eigenvalue weighted by atomic mass is 9.96. The number of imidazole rings is 1. The van der Waals surface area contributed by atoms with Crippen molar-refractivity contribution < 1.29 is 18.7 Å². The number of ether oxygens (including phenoxy) is 1. The molecule has 2 atom stereocenters. The van der Waals surface area contributed by atoms with Crippen LogP contribution >= 0.6 is 11.6 Å². The number of nitrogens with zero attached hydrogens (tertiary/aromatic N) is 2. The van der Waals surface area contributed by atoms with Gasteiger partial charge in [-0.2, -0.15) is 0 Å². The number of benzene rings is 4. The first-order valence-corrected chi connectivity index (χ1v) is 15.4. The zero-order chi connectivity index (χ0) is 32.0. The Morgan fingerprint density at radius 3 is 2.39 bits per heavy atom. The van der Waals surface area contributed by atoms with Gasteiger partial charge >= 0.3 is 0 Å². The van der Waals surface area contributed by atoms with Crippen LogP contribution in [0.4, 0.5) is 4.39 Å². The molecule has 0 aliphatic carbocycles. The summed E-state index contributed by atoms with van der Waals surface area (Å²) in [6, 6.07) is 26.2. The van der Waals surface area contributed by atoms with E-state index in [4.69, 9.17) is 22.1 Å². The summed E-state index contributed by atoms with van der Waals surface area (Å²) in [5.41, 5.74) is 11.8. The molecule has 1 aliphatic rings. The standard InChI is InChI=1S/C36H33ClFN5O3/c37-27-12-6-23(7-13-27)18-33(35(39)44)42-36(45)31-3-1-2-30-32(16-17-46-34(30)31)41-20-29-19-40-22-43(29)21-24-4-8-25(9-5-24)26-10-14-28(38)15-11-26/h1-15,19,22,32-33,41H,16-18,20-21H2,(H2,39,44)(H,42,45)/t32?,33-/m0/s1. The first-order valence-electron chi connectivity index (χ1n) is 15.0. The van der Waals surface area contributed by atoms with Crippen molar-refractivity contribution in [2.75, 3.05) is 6.61 Å². The monoisotopic (exact) mass is 637 g/mol. The lowest BCUT2D eigenvalue weighted by Gasteiger charge is -2.28. The molecule has 0 saturated heterocycles. The van der Waals surface area contributed by atoms with E-state index in [9.17, 15) is 14.0 Å². The Morgan fingerprint density at radius 2 is 1.67 bits per heavy atom. The van der Waals surface area contributed by atoms with Gasteiger partial charge in [0.1, 0.15) is 17.6 Å². The summed E-state index contributed by atoms with van der Waals surface area (Å²) in [6.45, 7) is 1.63. The second-order valence-corrected chi connectivity index (χ2v) is 11.7. The van der Waals surface area contributed by atoms with Crippen molar-refractivity contribution in [3.8, 4) is 16.9 Å². The average Bonchev–Trinajstić information content (AvgIpc) is 3.51. The van der Waals surface area contributed by atoms with Crippen molar-refractivity contribution in [3.05, 3.63) is 142 Å². The molecule has 10 heteroatoms. The van der Waals surface area contributed by atoms with Gasteiger partial charge < -0.3 is 25.7 Å². The number of para-hydroxylation sites is 1. The van der Waals surface area contributed by atoms with Crippen LogP contribution in [-0.4, -0.2) is 34.0 Å². The number of hydrogen-bond donors (Lipinski definition) is 3. The quantitative estimate of drug-likeness (QED) is 0.169. The minimum Gasteiger partial charge on any atom is -0.492 e. The van der Waals surface area contributed by atoms with E-state index in [1.807, 2.05) is 36.8 Å². The zero-order valence-corrected chi connectivity index (χ0v) is 25.7. The molecule has 1 aromatic heterocycles. The van der Waals surface area contributed by atoms with E-state index in [0.29, 0.717) is 36.0 Å². The molecule has 1 aliphatic heterocycles. The second kappa shape index (κ2) is 14.0. The maximum absolute atomic E-state index is 13.4. The molecular weight excluding hydrogens is 605 g/mol. The number of carbonyl (C=O) groups is 2. The van der Waals surface area contributed by atoms with Crippen molar-refractivity contribution in [1.82, 2.24) is 20.2 Å². The number of amides is 2. The molecule has 5 aromatic rings. The van der Waals surface area contributed by atoms with Gasteiger partial charge in [0.25, 0.3) is 5.91 Å². The minimum atomic E-state index is -0.901. The molecule has 0 bridgehead atoms. The van der Waals surface area contributed by atoms with Crippen molar-refractivity contribution in [3.63, 3.8) is 0 Å². The minimum absolute atomic E-state index is 0.0594. The molecule has 2 amide bonds. The van der Waals surface area contributed by atoms with E-state index in [-0.39, 0.29) is 18.3 Å². The molecule has 4 aromatic carbocycles. The van der Waals surface area contributed by atoms with E-state index in [1.165, 1.54) is 12.1 Å². The lowest BCUT2D eigenvalue weighted by molar-refractivity contribution is -0.119. The van der Waals surface area contributed by atoms with Crippen LogP contribution in [-0.2, 0) is 24.3 Å². The highest BCUT2D eigenvalue weighted by Crippen LogP contribution is 2.35. The molecule has 234 valence electrons. The Kier molecular flexibility index (Phi) is 9.42. The molecule has 2 heterocycles. The summed E-state index contributed by atoms with van der Waals surface area (Å²) in [4.78, 5) is 30.0. The number of hydrogen-bond acceptors (Lipinski definition) is 5. The predicted molar refractivity (Wildman–Crippen MR) is 175 cm³/mol. The Bertz CT molecular complexity index is 1820. The van der Waals surface area contributed by atoms with E-state index in [2.05, 4.69) is 32.3 Å². The number of halogens is 2. The first kappa shape index (κ1) is 31.0. The molecule has 0 fully saturated rings. The van der Waals surface area contributed by atoms with Crippen LogP contribution in [0.1, 0.15) is 45.2 Å². The first-order chi connectivity index (χ1) is 22.3. The van der Waals surface area contributed by atoms with Gasteiger partial charge in [-0.05, 0) is 52.6 Å². The average molecular weight is 638 g/mol. The topological polar surface area (TPSA) is 111 Å². The number of nitrogens with two attached hydrogens (primary N) is 1. The summed E-state index contributed by atoms with van der Waals surface area (Å²) in [5, 5.41) is 6.98. The Labute approximate surface area is 271 Å². The summed E-state index contributed by atoms with van der Waals surface area (Å²) >= 11 is 5.98. The third kappa shape index (κ3) is 7.28. The van der Waals surface area contributed by atoms with Crippen LogP contribution in [0.25, 0.3) is 11.1 Å². The van der Waals surface area contributed by atoms with E-state index in [0.717, 1.165) is 39.9 Å². The molecule has 4 N–H and O–H groups in total. The number of aromatic nitrogens is 2. The number of primary amides is 1. The maximum Gasteiger partial charge on any atom is 0.255 e. The van der Waals surface area contributed by atoms with Gasteiger partial charge in [0.15, 0.2) is 0 Å². The van der Waals surface area contributed by atoms with E-state index in [1.54, 1.807) is 42.5 Å². The highest BCUT2D eigenvalue weighted by molar-refractivity contribution is 6.30. The highest BCUT2D eigenvalue weighted by atomic mass is 35.5. The molecule has 0 saturated carbocycles. The number of rotatable bonds is 11. The van der Waals surface area contributed by atoms with Crippen LogP contribution in [0.15, 0.2) is 104 Å². The van der Waals surface area contributed by atoms with Gasteiger partial charge in [-0.1, -0.05) is 72.3 Å². The van der Waals surface area contributed by atoms with Gasteiger partial charge in [-0.3, -0.25) is 9.59 Å². The van der Waals surface area contributed by atoms with Gasteiger partial charge in [0, 0.05) is 48.8 Å². The van der Waals surface area contributed by atoms with Crippen molar-refractivity contribution in [2.45, 2.75) is 38.0 Å². The summed E-state index contributed by atoms with van der Waals surface area (Å²) in [5.74, 6) is -0.822. The van der Waals surface area contributed by atoms with Gasteiger partial charge in [-0.25, -0.2) is 9.37 Å². The third-order valence-electron chi connectivity index (χ3n) is 8.13. The molecule has 0 radical (unpaired) electrons. The number of nitrogens with one attached hydrogen (secondary N) is 2. The lowest BCUT2D eigenvalue weighted by Crippen LogP contribution is -2.46. The second-order valence-electron chi connectivity index (χ2n) is 11.3. The largest absolute Gasteiger partial charge is 0.492 e. The fourth-order valence-corrected chi connectivity index (χ4v) is 5.76. The Morgan fingerprint density at radius 1 is 0.978 bits per heavy atom. The predicted octanol–water partition coefficient (Wildman–Crippen LogP) is 5.83. The molecule has 6 rings (SSSR count). The molecule has 0 spiro atoms. The summed E-state index contributed by atoms with van der Waals surface area (Å²) in [7, 11) is 0.